The molecule has 4 nitrogen and oxygen atoms in total. The second kappa shape index (κ2) is 6.52. The third-order valence-electron chi connectivity index (χ3n) is 3.07. The second-order valence-electron chi connectivity index (χ2n) is 4.97. The van der Waals surface area contributed by atoms with Gasteiger partial charge in [0.2, 0.25) is 5.91 Å². The summed E-state index contributed by atoms with van der Waals surface area (Å²) in [5.41, 5.74) is 10.5. The molecule has 0 saturated carbocycles. The quantitative estimate of drug-likeness (QED) is 0.741. The van der Waals surface area contributed by atoms with Crippen molar-refractivity contribution in [2.24, 2.45) is 11.5 Å². The van der Waals surface area contributed by atoms with Gasteiger partial charge in [-0.15, -0.1) is 0 Å². The largest absolute Gasteiger partial charge is 0.491 e. The van der Waals surface area contributed by atoms with Crippen molar-refractivity contribution >= 4 is 5.91 Å². The van der Waals surface area contributed by atoms with Gasteiger partial charge in [-0.25, -0.2) is 4.39 Å². The molecule has 0 aliphatic heterocycles. The van der Waals surface area contributed by atoms with Crippen LogP contribution < -0.4 is 16.2 Å². The van der Waals surface area contributed by atoms with Crippen molar-refractivity contribution in [3.63, 3.8) is 0 Å². The number of amides is 1. The number of halogens is 1. The van der Waals surface area contributed by atoms with Crippen LogP contribution in [-0.4, -0.2) is 18.1 Å². The Morgan fingerprint density at radius 2 is 2.11 bits per heavy atom. The molecule has 0 aliphatic rings. The molecular formula is C14H21FN2O2. The smallest absolute Gasteiger partial charge is 0.237 e. The molecule has 106 valence electrons. The van der Waals surface area contributed by atoms with Crippen molar-refractivity contribution in [2.75, 3.05) is 6.61 Å². The van der Waals surface area contributed by atoms with Crippen LogP contribution in [0, 0.1) is 12.7 Å². The van der Waals surface area contributed by atoms with E-state index in [1.54, 1.807) is 32.0 Å². The lowest BCUT2D eigenvalue weighted by Crippen LogP contribution is -2.49. The molecule has 0 heterocycles. The highest BCUT2D eigenvalue weighted by atomic mass is 19.1. The lowest BCUT2D eigenvalue weighted by atomic mass is 9.96. The van der Waals surface area contributed by atoms with Crippen LogP contribution in [0.2, 0.25) is 0 Å². The fraction of sp³-hybridized carbons (Fsp3) is 0.500. The summed E-state index contributed by atoms with van der Waals surface area (Å²) in [7, 11) is 0. The molecule has 1 aromatic rings. The zero-order chi connectivity index (χ0) is 14.5. The minimum Gasteiger partial charge on any atom is -0.491 e. The van der Waals surface area contributed by atoms with Crippen molar-refractivity contribution in [1.29, 1.82) is 0 Å². The number of ether oxygens (including phenoxy) is 1. The molecular weight excluding hydrogens is 247 g/mol. The van der Waals surface area contributed by atoms with Crippen LogP contribution in [0.5, 0.6) is 5.75 Å². The van der Waals surface area contributed by atoms with E-state index in [0.717, 1.165) is 0 Å². The zero-order valence-electron chi connectivity index (χ0n) is 11.4. The van der Waals surface area contributed by atoms with Crippen molar-refractivity contribution in [1.82, 2.24) is 0 Å². The Morgan fingerprint density at radius 1 is 1.42 bits per heavy atom. The normalized spacial score (nSPS) is 13.9. The van der Waals surface area contributed by atoms with Crippen LogP contribution in [0.25, 0.3) is 0 Å². The van der Waals surface area contributed by atoms with Gasteiger partial charge in [-0.3, -0.25) is 4.79 Å². The Labute approximate surface area is 112 Å². The first-order chi connectivity index (χ1) is 8.84. The maximum atomic E-state index is 13.6. The maximum absolute atomic E-state index is 13.6. The van der Waals surface area contributed by atoms with Gasteiger partial charge in [-0.1, -0.05) is 12.1 Å². The fourth-order valence-corrected chi connectivity index (χ4v) is 1.63. The van der Waals surface area contributed by atoms with Gasteiger partial charge in [0.1, 0.15) is 0 Å². The van der Waals surface area contributed by atoms with E-state index in [2.05, 4.69) is 0 Å². The van der Waals surface area contributed by atoms with E-state index >= 15 is 0 Å². The summed E-state index contributed by atoms with van der Waals surface area (Å²) >= 11 is 0. The molecule has 0 radical (unpaired) electrons. The first kappa shape index (κ1) is 15.4. The lowest BCUT2D eigenvalue weighted by molar-refractivity contribution is -0.122. The van der Waals surface area contributed by atoms with Crippen molar-refractivity contribution in [3.8, 4) is 5.75 Å². The molecule has 0 saturated heterocycles. The Kier molecular flexibility index (Phi) is 5.30. The Balaban J connectivity index is 2.32. The first-order valence-electron chi connectivity index (χ1n) is 6.31. The van der Waals surface area contributed by atoms with Crippen molar-refractivity contribution in [2.45, 2.75) is 38.6 Å². The van der Waals surface area contributed by atoms with Gasteiger partial charge in [0, 0.05) is 0 Å². The number of carbonyl (C=O) groups is 1. The number of unbranched alkanes of at least 4 members (excludes halogenated alkanes) is 1. The van der Waals surface area contributed by atoms with E-state index < -0.39 is 11.4 Å². The first-order valence-corrected chi connectivity index (χ1v) is 6.31. The van der Waals surface area contributed by atoms with Gasteiger partial charge in [0.25, 0.3) is 0 Å². The molecule has 1 unspecified atom stereocenters. The van der Waals surface area contributed by atoms with Gasteiger partial charge < -0.3 is 16.2 Å². The van der Waals surface area contributed by atoms with Crippen LogP contribution in [0.15, 0.2) is 18.2 Å². The topological polar surface area (TPSA) is 78.3 Å². The number of benzene rings is 1. The molecule has 0 aromatic heterocycles. The summed E-state index contributed by atoms with van der Waals surface area (Å²) in [4.78, 5) is 11.0. The number of nitrogens with two attached hydrogens (primary N) is 2. The summed E-state index contributed by atoms with van der Waals surface area (Å²) in [5.74, 6) is -0.591. The van der Waals surface area contributed by atoms with Crippen LogP contribution in [0.4, 0.5) is 4.39 Å². The number of rotatable bonds is 7. The Hall–Kier alpha value is -1.62. The van der Waals surface area contributed by atoms with Crippen molar-refractivity contribution < 1.29 is 13.9 Å². The number of primary amides is 1. The molecule has 1 rings (SSSR count). The number of hydrogen-bond donors (Lipinski definition) is 2. The molecule has 0 spiro atoms. The number of carbonyl (C=O) groups excluding carboxylic acids is 1. The third-order valence-corrected chi connectivity index (χ3v) is 3.07. The number of aryl methyl sites for hydroxylation is 1. The summed E-state index contributed by atoms with van der Waals surface area (Å²) in [6.45, 7) is 3.68. The minimum atomic E-state index is -0.991. The predicted molar refractivity (Wildman–Crippen MR) is 72.3 cm³/mol. The highest BCUT2D eigenvalue weighted by Crippen LogP contribution is 2.20. The molecule has 1 aromatic carbocycles. The van der Waals surface area contributed by atoms with E-state index in [1.165, 1.54) is 0 Å². The fourth-order valence-electron chi connectivity index (χ4n) is 1.63. The van der Waals surface area contributed by atoms with E-state index in [4.69, 9.17) is 16.2 Å². The van der Waals surface area contributed by atoms with E-state index in [9.17, 15) is 9.18 Å². The molecule has 0 fully saturated rings. The molecule has 19 heavy (non-hydrogen) atoms. The summed E-state index contributed by atoms with van der Waals surface area (Å²) in [5, 5.41) is 0. The third kappa shape index (κ3) is 4.52. The summed E-state index contributed by atoms with van der Waals surface area (Å²) in [6.07, 6.45) is 1.87. The van der Waals surface area contributed by atoms with Gasteiger partial charge in [-0.2, -0.15) is 0 Å². The second-order valence-corrected chi connectivity index (χ2v) is 4.97. The Morgan fingerprint density at radius 3 is 2.74 bits per heavy atom. The minimum absolute atomic E-state index is 0.255. The molecule has 1 atom stereocenters. The van der Waals surface area contributed by atoms with E-state index in [1.807, 2.05) is 0 Å². The maximum Gasteiger partial charge on any atom is 0.237 e. The van der Waals surface area contributed by atoms with Gasteiger partial charge in [0.05, 0.1) is 12.1 Å². The van der Waals surface area contributed by atoms with Crippen molar-refractivity contribution in [3.05, 3.63) is 29.6 Å². The Bertz CT molecular complexity index is 447. The van der Waals surface area contributed by atoms with Crippen LogP contribution in [0.1, 0.15) is 31.7 Å². The van der Waals surface area contributed by atoms with Crippen LogP contribution in [-0.2, 0) is 4.79 Å². The lowest BCUT2D eigenvalue weighted by Gasteiger charge is -2.20. The monoisotopic (exact) mass is 268 g/mol. The average molecular weight is 268 g/mol. The molecule has 4 N–H and O–H groups in total. The van der Waals surface area contributed by atoms with Crippen LogP contribution >= 0.6 is 0 Å². The zero-order valence-corrected chi connectivity index (χ0v) is 11.4. The van der Waals surface area contributed by atoms with Gasteiger partial charge in [0.15, 0.2) is 11.6 Å². The highest BCUT2D eigenvalue weighted by molar-refractivity contribution is 5.83. The standard InChI is InChI=1S/C14H21FN2O2/c1-10-6-5-7-11(12(10)15)19-9-4-3-8-14(2,17)13(16)18/h5-7H,3-4,8-9,17H2,1-2H3,(H2,16,18). The summed E-state index contributed by atoms with van der Waals surface area (Å²) < 4.78 is 19.0. The molecule has 1 amide bonds. The average Bonchev–Trinajstić information content (AvgIpc) is 2.33. The molecule has 0 aliphatic carbocycles. The van der Waals surface area contributed by atoms with E-state index in [0.29, 0.717) is 31.4 Å². The van der Waals surface area contributed by atoms with Crippen LogP contribution in [0.3, 0.4) is 0 Å². The molecule has 5 heteroatoms. The summed E-state index contributed by atoms with van der Waals surface area (Å²) in [6, 6.07) is 5.03. The molecule has 0 bridgehead atoms. The predicted octanol–water partition coefficient (Wildman–Crippen LogP) is 1.89. The van der Waals surface area contributed by atoms with Gasteiger partial charge in [-0.05, 0) is 44.7 Å². The van der Waals surface area contributed by atoms with Gasteiger partial charge >= 0.3 is 0 Å². The van der Waals surface area contributed by atoms with E-state index in [-0.39, 0.29) is 11.6 Å². The number of hydrogen-bond acceptors (Lipinski definition) is 3. The highest BCUT2D eigenvalue weighted by Gasteiger charge is 2.24. The SMILES string of the molecule is Cc1cccc(OCCCCC(C)(N)C(N)=O)c1F.